The van der Waals surface area contributed by atoms with Gasteiger partial charge in [0.15, 0.2) is 0 Å². The molecule has 1 aliphatic carbocycles. The van der Waals surface area contributed by atoms with Crippen molar-refractivity contribution in [3.8, 4) is 0 Å². The van der Waals surface area contributed by atoms with E-state index in [0.717, 1.165) is 6.54 Å². The third-order valence-corrected chi connectivity index (χ3v) is 2.95. The Morgan fingerprint density at radius 2 is 2.06 bits per heavy atom. The molecule has 0 bridgehead atoms. The molecular formula is C11H21F3N2O. The van der Waals surface area contributed by atoms with Gasteiger partial charge in [0.25, 0.3) is 0 Å². The first kappa shape index (κ1) is 14.7. The van der Waals surface area contributed by atoms with E-state index in [1.54, 1.807) is 0 Å². The summed E-state index contributed by atoms with van der Waals surface area (Å²) in [6.07, 6.45) is -1.70. The summed E-state index contributed by atoms with van der Waals surface area (Å²) in [5.74, 6) is 0. The highest BCUT2D eigenvalue weighted by Crippen LogP contribution is 2.26. The van der Waals surface area contributed by atoms with E-state index in [1.807, 2.05) is 0 Å². The highest BCUT2D eigenvalue weighted by molar-refractivity contribution is 4.85. The van der Waals surface area contributed by atoms with Crippen LogP contribution in [0.25, 0.3) is 0 Å². The van der Waals surface area contributed by atoms with Gasteiger partial charge < -0.3 is 10.1 Å². The Balaban J connectivity index is 1.93. The molecule has 1 saturated carbocycles. The third kappa shape index (κ3) is 6.85. The molecule has 17 heavy (non-hydrogen) atoms. The Labute approximate surface area is 100 Å². The predicted octanol–water partition coefficient (Wildman–Crippen LogP) is 1.64. The highest BCUT2D eigenvalue weighted by Gasteiger charge is 2.29. The molecule has 1 aliphatic rings. The Kier molecular flexibility index (Phi) is 5.69. The summed E-state index contributed by atoms with van der Waals surface area (Å²) in [5, 5.41) is 3.10. The molecule has 1 unspecified atom stereocenters. The Morgan fingerprint density at radius 1 is 1.41 bits per heavy atom. The average Bonchev–Trinajstić information content (AvgIpc) is 3.03. The van der Waals surface area contributed by atoms with Gasteiger partial charge in [-0.05, 0) is 26.8 Å². The quantitative estimate of drug-likeness (QED) is 0.666. The van der Waals surface area contributed by atoms with Crippen LogP contribution in [0.4, 0.5) is 13.2 Å². The minimum Gasteiger partial charge on any atom is -0.371 e. The number of halogens is 3. The van der Waals surface area contributed by atoms with Crippen molar-refractivity contribution in [1.29, 1.82) is 0 Å². The Morgan fingerprint density at radius 3 is 2.59 bits per heavy atom. The molecule has 0 aromatic carbocycles. The topological polar surface area (TPSA) is 24.5 Å². The first-order valence-electron chi connectivity index (χ1n) is 5.97. The zero-order valence-electron chi connectivity index (χ0n) is 10.4. The monoisotopic (exact) mass is 254 g/mol. The second-order valence-electron chi connectivity index (χ2n) is 4.62. The summed E-state index contributed by atoms with van der Waals surface area (Å²) in [5.41, 5.74) is 0. The van der Waals surface area contributed by atoms with E-state index in [-0.39, 0.29) is 6.61 Å². The lowest BCUT2D eigenvalue weighted by Crippen LogP contribution is -2.40. The van der Waals surface area contributed by atoms with Gasteiger partial charge >= 0.3 is 6.18 Å². The summed E-state index contributed by atoms with van der Waals surface area (Å²) in [6.45, 7) is 2.29. The van der Waals surface area contributed by atoms with Crippen LogP contribution >= 0.6 is 0 Å². The van der Waals surface area contributed by atoms with Crippen LogP contribution in [0, 0.1) is 0 Å². The fourth-order valence-electron chi connectivity index (χ4n) is 1.63. The highest BCUT2D eigenvalue weighted by atomic mass is 19.4. The Bertz CT molecular complexity index is 219. The van der Waals surface area contributed by atoms with E-state index in [0.29, 0.717) is 18.6 Å². The molecule has 0 radical (unpaired) electrons. The number of alkyl halides is 3. The minimum absolute atomic E-state index is 0.0966. The normalized spacial score (nSPS) is 18.7. The van der Waals surface area contributed by atoms with Crippen molar-refractivity contribution in [1.82, 2.24) is 10.2 Å². The summed E-state index contributed by atoms with van der Waals surface area (Å²) in [4.78, 5) is 2.31. The van der Waals surface area contributed by atoms with Gasteiger partial charge in [0, 0.05) is 25.2 Å². The smallest absolute Gasteiger partial charge is 0.371 e. The molecule has 1 atom stereocenters. The average molecular weight is 254 g/mol. The zero-order valence-corrected chi connectivity index (χ0v) is 10.4. The van der Waals surface area contributed by atoms with Gasteiger partial charge in [0.1, 0.15) is 6.61 Å². The van der Waals surface area contributed by atoms with Crippen LogP contribution in [-0.4, -0.2) is 56.5 Å². The van der Waals surface area contributed by atoms with E-state index < -0.39 is 12.8 Å². The van der Waals surface area contributed by atoms with E-state index in [1.165, 1.54) is 12.8 Å². The maximum Gasteiger partial charge on any atom is 0.411 e. The van der Waals surface area contributed by atoms with Crippen LogP contribution in [-0.2, 0) is 4.74 Å². The van der Waals surface area contributed by atoms with E-state index in [2.05, 4.69) is 28.9 Å². The molecular weight excluding hydrogens is 233 g/mol. The third-order valence-electron chi connectivity index (χ3n) is 2.95. The van der Waals surface area contributed by atoms with Gasteiger partial charge in [-0.15, -0.1) is 0 Å². The lowest BCUT2D eigenvalue weighted by Gasteiger charge is -2.24. The van der Waals surface area contributed by atoms with Crippen LogP contribution in [0.2, 0.25) is 0 Å². The number of hydrogen-bond donors (Lipinski definition) is 1. The second-order valence-corrected chi connectivity index (χ2v) is 4.62. The molecule has 0 amide bonds. The van der Waals surface area contributed by atoms with Gasteiger partial charge in [0.2, 0.25) is 0 Å². The van der Waals surface area contributed by atoms with Crippen molar-refractivity contribution in [3.05, 3.63) is 0 Å². The fraction of sp³-hybridized carbons (Fsp3) is 1.00. The maximum absolute atomic E-state index is 11.7. The van der Waals surface area contributed by atoms with E-state index in [9.17, 15) is 13.2 Å². The maximum atomic E-state index is 11.7. The van der Waals surface area contributed by atoms with Crippen molar-refractivity contribution >= 4 is 0 Å². The van der Waals surface area contributed by atoms with Crippen molar-refractivity contribution in [3.63, 3.8) is 0 Å². The number of likely N-dealkylation sites (N-methyl/N-ethyl adjacent to an activating group) is 1. The minimum atomic E-state index is -4.22. The summed E-state index contributed by atoms with van der Waals surface area (Å²) in [6, 6.07) is 1.11. The summed E-state index contributed by atoms with van der Waals surface area (Å²) in [7, 11) is 2.09. The molecule has 0 aromatic heterocycles. The summed E-state index contributed by atoms with van der Waals surface area (Å²) < 4.78 is 39.7. The van der Waals surface area contributed by atoms with Crippen molar-refractivity contribution in [2.75, 3.05) is 33.4 Å². The van der Waals surface area contributed by atoms with Crippen LogP contribution in [0.5, 0.6) is 0 Å². The first-order valence-corrected chi connectivity index (χ1v) is 5.97. The predicted molar refractivity (Wildman–Crippen MR) is 60.0 cm³/mol. The molecule has 1 rings (SSSR count). The first-order chi connectivity index (χ1) is 7.90. The van der Waals surface area contributed by atoms with Crippen LogP contribution < -0.4 is 5.32 Å². The molecule has 0 heterocycles. The van der Waals surface area contributed by atoms with Crippen LogP contribution in [0.3, 0.4) is 0 Å². The molecule has 1 N–H and O–H groups in total. The lowest BCUT2D eigenvalue weighted by atomic mass is 10.3. The zero-order chi connectivity index (χ0) is 12.9. The van der Waals surface area contributed by atoms with Crippen LogP contribution in [0.1, 0.15) is 19.8 Å². The van der Waals surface area contributed by atoms with Gasteiger partial charge in [0.05, 0.1) is 6.61 Å². The van der Waals surface area contributed by atoms with Crippen molar-refractivity contribution in [2.45, 2.75) is 38.0 Å². The summed E-state index contributed by atoms with van der Waals surface area (Å²) >= 11 is 0. The molecule has 0 aromatic rings. The van der Waals surface area contributed by atoms with E-state index in [4.69, 9.17) is 0 Å². The molecule has 3 nitrogen and oxygen atoms in total. The molecule has 0 aliphatic heterocycles. The fourth-order valence-corrected chi connectivity index (χ4v) is 1.63. The van der Waals surface area contributed by atoms with Gasteiger partial charge in [-0.2, -0.15) is 13.2 Å². The van der Waals surface area contributed by atoms with Gasteiger partial charge in [-0.1, -0.05) is 0 Å². The molecule has 102 valence electrons. The van der Waals surface area contributed by atoms with Gasteiger partial charge in [-0.3, -0.25) is 4.90 Å². The number of nitrogens with one attached hydrogen (secondary N) is 1. The lowest BCUT2D eigenvalue weighted by molar-refractivity contribution is -0.173. The van der Waals surface area contributed by atoms with E-state index >= 15 is 0 Å². The number of nitrogens with zero attached hydrogens (tertiary/aromatic N) is 1. The number of rotatable bonds is 8. The Hall–Kier alpha value is -0.330. The largest absolute Gasteiger partial charge is 0.411 e. The molecule has 6 heteroatoms. The number of hydrogen-bond acceptors (Lipinski definition) is 3. The van der Waals surface area contributed by atoms with Gasteiger partial charge in [-0.25, -0.2) is 0 Å². The van der Waals surface area contributed by atoms with Crippen LogP contribution in [0.15, 0.2) is 0 Å². The SMILES string of the molecule is CC(CNCCOCC(F)(F)F)N(C)C1CC1. The second kappa shape index (κ2) is 6.56. The molecule has 1 fully saturated rings. The van der Waals surface area contributed by atoms with Crippen molar-refractivity contribution in [2.24, 2.45) is 0 Å². The molecule has 0 saturated heterocycles. The van der Waals surface area contributed by atoms with Crippen molar-refractivity contribution < 1.29 is 17.9 Å². The molecule has 0 spiro atoms. The number of ether oxygens (including phenoxy) is 1. The standard InChI is InChI=1S/C11H21F3N2O/c1-9(16(2)10-3-4-10)7-15-5-6-17-8-11(12,13)14/h9-10,15H,3-8H2,1-2H3.